The molecular formula is C10H11Cl2N3. The Balaban J connectivity index is 0.00000112. The van der Waals surface area contributed by atoms with Gasteiger partial charge in [-0.05, 0) is 31.2 Å². The zero-order valence-electron chi connectivity index (χ0n) is 8.14. The van der Waals surface area contributed by atoms with Gasteiger partial charge in [0.25, 0.3) is 0 Å². The first-order valence-corrected chi connectivity index (χ1v) is 4.62. The fourth-order valence-corrected chi connectivity index (χ4v) is 1.33. The second-order valence-electron chi connectivity index (χ2n) is 3.12. The molecule has 2 rings (SSSR count). The van der Waals surface area contributed by atoms with E-state index in [-0.39, 0.29) is 12.4 Å². The molecule has 2 N–H and O–H groups in total. The van der Waals surface area contributed by atoms with E-state index in [1.54, 1.807) is 4.68 Å². The number of hydrogen-bond donors (Lipinski definition) is 1. The minimum Gasteiger partial charge on any atom is -0.382 e. The van der Waals surface area contributed by atoms with E-state index in [0.717, 1.165) is 11.3 Å². The van der Waals surface area contributed by atoms with Crippen LogP contribution in [0.15, 0.2) is 30.5 Å². The van der Waals surface area contributed by atoms with Gasteiger partial charge in [0.2, 0.25) is 0 Å². The standard InChI is InChI=1S/C10H10ClN3.ClH/c1-7-6-14(13-10(7)12)9-4-2-8(11)3-5-9;/h2-6H,1H3,(H2,12,13);1H. The molecule has 0 saturated heterocycles. The molecule has 2 aromatic rings. The van der Waals surface area contributed by atoms with Gasteiger partial charge < -0.3 is 5.73 Å². The van der Waals surface area contributed by atoms with Crippen LogP contribution in [0.4, 0.5) is 5.82 Å². The van der Waals surface area contributed by atoms with Crippen LogP contribution in [0.1, 0.15) is 5.56 Å². The van der Waals surface area contributed by atoms with Crippen LogP contribution in [0.2, 0.25) is 5.02 Å². The number of halogens is 2. The Morgan fingerprint density at radius 3 is 2.33 bits per heavy atom. The Morgan fingerprint density at radius 1 is 1.27 bits per heavy atom. The highest BCUT2D eigenvalue weighted by Gasteiger charge is 2.02. The largest absolute Gasteiger partial charge is 0.382 e. The Morgan fingerprint density at radius 2 is 1.87 bits per heavy atom. The van der Waals surface area contributed by atoms with E-state index in [1.165, 1.54) is 0 Å². The summed E-state index contributed by atoms with van der Waals surface area (Å²) in [5.74, 6) is 0.556. The van der Waals surface area contributed by atoms with Crippen molar-refractivity contribution in [3.63, 3.8) is 0 Å². The Bertz CT molecular complexity index is 429. The molecule has 80 valence electrons. The number of nitrogens with two attached hydrogens (primary N) is 1. The third-order valence-electron chi connectivity index (χ3n) is 2.03. The number of aromatic nitrogens is 2. The van der Waals surface area contributed by atoms with Gasteiger partial charge in [0.1, 0.15) is 5.82 Å². The SMILES string of the molecule is Cc1cn(-c2ccc(Cl)cc2)nc1N.Cl. The minimum atomic E-state index is 0. The van der Waals surface area contributed by atoms with Gasteiger partial charge in [-0.15, -0.1) is 12.4 Å². The summed E-state index contributed by atoms with van der Waals surface area (Å²) < 4.78 is 1.74. The Labute approximate surface area is 99.3 Å². The predicted octanol–water partition coefficient (Wildman–Crippen LogP) is 2.84. The number of rotatable bonds is 1. The number of nitrogens with zero attached hydrogens (tertiary/aromatic N) is 2. The van der Waals surface area contributed by atoms with Crippen LogP contribution in [-0.4, -0.2) is 9.78 Å². The maximum Gasteiger partial charge on any atom is 0.148 e. The van der Waals surface area contributed by atoms with E-state index < -0.39 is 0 Å². The van der Waals surface area contributed by atoms with Crippen molar-refractivity contribution in [1.82, 2.24) is 9.78 Å². The van der Waals surface area contributed by atoms with Gasteiger partial charge in [-0.25, -0.2) is 4.68 Å². The second-order valence-corrected chi connectivity index (χ2v) is 3.55. The average Bonchev–Trinajstić information content (AvgIpc) is 2.48. The highest BCUT2D eigenvalue weighted by Crippen LogP contribution is 2.15. The van der Waals surface area contributed by atoms with Gasteiger partial charge in [0.15, 0.2) is 0 Å². The summed E-state index contributed by atoms with van der Waals surface area (Å²) in [7, 11) is 0. The van der Waals surface area contributed by atoms with Gasteiger partial charge in [0, 0.05) is 16.8 Å². The van der Waals surface area contributed by atoms with Crippen LogP contribution >= 0.6 is 24.0 Å². The molecule has 0 bridgehead atoms. The van der Waals surface area contributed by atoms with Crippen molar-refractivity contribution in [3.8, 4) is 5.69 Å². The van der Waals surface area contributed by atoms with Crippen LogP contribution in [0.25, 0.3) is 5.69 Å². The monoisotopic (exact) mass is 243 g/mol. The smallest absolute Gasteiger partial charge is 0.148 e. The van der Waals surface area contributed by atoms with E-state index in [2.05, 4.69) is 5.10 Å². The van der Waals surface area contributed by atoms with Crippen LogP contribution in [0, 0.1) is 6.92 Å². The van der Waals surface area contributed by atoms with Gasteiger partial charge in [-0.2, -0.15) is 5.10 Å². The molecule has 0 aliphatic rings. The molecule has 1 aromatic heterocycles. The van der Waals surface area contributed by atoms with Crippen molar-refractivity contribution in [2.75, 3.05) is 5.73 Å². The molecule has 1 aromatic carbocycles. The second kappa shape index (κ2) is 4.55. The third-order valence-corrected chi connectivity index (χ3v) is 2.28. The summed E-state index contributed by atoms with van der Waals surface area (Å²) >= 11 is 5.78. The summed E-state index contributed by atoms with van der Waals surface area (Å²) in [5, 5.41) is 4.88. The fourth-order valence-electron chi connectivity index (χ4n) is 1.20. The third kappa shape index (κ3) is 2.43. The molecule has 3 nitrogen and oxygen atoms in total. The van der Waals surface area contributed by atoms with E-state index in [1.807, 2.05) is 37.4 Å². The zero-order valence-corrected chi connectivity index (χ0v) is 9.72. The van der Waals surface area contributed by atoms with Crippen molar-refractivity contribution >= 4 is 29.8 Å². The summed E-state index contributed by atoms with van der Waals surface area (Å²) in [6, 6.07) is 7.44. The molecule has 0 amide bonds. The Kier molecular flexibility index (Phi) is 3.61. The first kappa shape index (κ1) is 11.9. The normalized spacial score (nSPS) is 9.73. The summed E-state index contributed by atoms with van der Waals surface area (Å²) in [6.45, 7) is 1.93. The molecule has 0 aliphatic heterocycles. The fraction of sp³-hybridized carbons (Fsp3) is 0.100. The molecule has 1 heterocycles. The highest BCUT2D eigenvalue weighted by atomic mass is 35.5. The number of anilines is 1. The predicted molar refractivity (Wildman–Crippen MR) is 65.0 cm³/mol. The Hall–Kier alpha value is -1.19. The van der Waals surface area contributed by atoms with Crippen molar-refractivity contribution in [2.45, 2.75) is 6.92 Å². The maximum absolute atomic E-state index is 5.78. The van der Waals surface area contributed by atoms with Gasteiger partial charge in [-0.1, -0.05) is 11.6 Å². The topological polar surface area (TPSA) is 43.8 Å². The zero-order chi connectivity index (χ0) is 10.1. The molecule has 0 atom stereocenters. The van der Waals surface area contributed by atoms with E-state index >= 15 is 0 Å². The first-order valence-electron chi connectivity index (χ1n) is 4.24. The molecule has 5 heteroatoms. The first-order chi connectivity index (χ1) is 6.66. The molecule has 0 aliphatic carbocycles. The molecule has 0 saturated carbocycles. The number of benzene rings is 1. The van der Waals surface area contributed by atoms with Crippen LogP contribution in [-0.2, 0) is 0 Å². The van der Waals surface area contributed by atoms with E-state index in [0.29, 0.717) is 10.8 Å². The lowest BCUT2D eigenvalue weighted by molar-refractivity contribution is 0.885. The molecule has 0 radical (unpaired) electrons. The van der Waals surface area contributed by atoms with Crippen LogP contribution < -0.4 is 5.73 Å². The van der Waals surface area contributed by atoms with Gasteiger partial charge >= 0.3 is 0 Å². The van der Waals surface area contributed by atoms with Crippen molar-refractivity contribution in [2.24, 2.45) is 0 Å². The lowest BCUT2D eigenvalue weighted by Crippen LogP contribution is -1.95. The number of hydrogen-bond acceptors (Lipinski definition) is 2. The molecule has 0 fully saturated rings. The van der Waals surface area contributed by atoms with Crippen LogP contribution in [0.3, 0.4) is 0 Å². The van der Waals surface area contributed by atoms with Crippen molar-refractivity contribution in [3.05, 3.63) is 41.0 Å². The lowest BCUT2D eigenvalue weighted by atomic mass is 10.3. The van der Waals surface area contributed by atoms with Crippen molar-refractivity contribution < 1.29 is 0 Å². The van der Waals surface area contributed by atoms with Gasteiger partial charge in [-0.3, -0.25) is 0 Å². The molecule has 15 heavy (non-hydrogen) atoms. The van der Waals surface area contributed by atoms with E-state index in [4.69, 9.17) is 17.3 Å². The van der Waals surface area contributed by atoms with Gasteiger partial charge in [0.05, 0.1) is 5.69 Å². The lowest BCUT2D eigenvalue weighted by Gasteiger charge is -1.99. The average molecular weight is 244 g/mol. The molecule has 0 spiro atoms. The van der Waals surface area contributed by atoms with Crippen molar-refractivity contribution in [1.29, 1.82) is 0 Å². The number of aryl methyl sites for hydroxylation is 1. The summed E-state index contributed by atoms with van der Waals surface area (Å²) in [4.78, 5) is 0. The number of nitrogen functional groups attached to an aromatic ring is 1. The summed E-state index contributed by atoms with van der Waals surface area (Å²) in [5.41, 5.74) is 7.58. The van der Waals surface area contributed by atoms with Crippen LogP contribution in [0.5, 0.6) is 0 Å². The quantitative estimate of drug-likeness (QED) is 0.838. The highest BCUT2D eigenvalue weighted by molar-refractivity contribution is 6.30. The molecular weight excluding hydrogens is 233 g/mol. The maximum atomic E-state index is 5.78. The molecule has 0 unspecified atom stereocenters. The summed E-state index contributed by atoms with van der Waals surface area (Å²) in [6.07, 6.45) is 1.89. The minimum absolute atomic E-state index is 0. The van der Waals surface area contributed by atoms with E-state index in [9.17, 15) is 0 Å².